The Labute approximate surface area is 82.1 Å². The van der Waals surface area contributed by atoms with E-state index < -0.39 is 0 Å². The van der Waals surface area contributed by atoms with Gasteiger partial charge in [-0.3, -0.25) is 0 Å². The highest BCUT2D eigenvalue weighted by Gasteiger charge is 2.17. The van der Waals surface area contributed by atoms with Gasteiger partial charge in [0.2, 0.25) is 5.88 Å². The van der Waals surface area contributed by atoms with Crippen LogP contribution in [0.25, 0.3) is 0 Å². The van der Waals surface area contributed by atoms with Gasteiger partial charge in [0.05, 0.1) is 6.61 Å². The van der Waals surface area contributed by atoms with Crippen molar-refractivity contribution in [3.05, 3.63) is 17.3 Å². The molecule has 4 heteroatoms. The van der Waals surface area contributed by atoms with Gasteiger partial charge in [-0.25, -0.2) is 0 Å². The second-order valence-corrected chi connectivity index (χ2v) is 3.69. The van der Waals surface area contributed by atoms with Gasteiger partial charge in [-0.15, -0.1) is 10.2 Å². The number of aromatic nitrogens is 2. The zero-order valence-electron chi connectivity index (χ0n) is 7.24. The molecule has 0 N–H and O–H groups in total. The lowest BCUT2D eigenvalue weighted by molar-refractivity contribution is 0.174. The predicted octanol–water partition coefficient (Wildman–Crippen LogP) is 2.31. The summed E-state index contributed by atoms with van der Waals surface area (Å²) in [5.74, 6) is 1.29. The molecule has 70 valence electrons. The van der Waals surface area contributed by atoms with Gasteiger partial charge in [0.1, 0.15) is 0 Å². The number of nitrogens with zero attached hydrogens (tertiary/aromatic N) is 2. The van der Waals surface area contributed by atoms with Crippen LogP contribution >= 0.6 is 11.6 Å². The zero-order chi connectivity index (χ0) is 9.10. The summed E-state index contributed by atoms with van der Waals surface area (Å²) in [4.78, 5) is 0. The molecule has 1 aromatic rings. The Hall–Kier alpha value is -0.830. The van der Waals surface area contributed by atoms with E-state index in [0.29, 0.717) is 11.0 Å². The van der Waals surface area contributed by atoms with Gasteiger partial charge in [-0.1, -0.05) is 18.0 Å². The number of halogens is 1. The topological polar surface area (TPSA) is 35.0 Å². The van der Waals surface area contributed by atoms with Crippen LogP contribution in [0.15, 0.2) is 12.1 Å². The van der Waals surface area contributed by atoms with Crippen LogP contribution in [0, 0.1) is 5.92 Å². The molecule has 1 aliphatic rings. The van der Waals surface area contributed by atoms with Crippen molar-refractivity contribution in [3.8, 4) is 5.88 Å². The standard InChI is InChI=1S/C9H11ClN2O/c10-8-4-5-9(12-11-8)13-6-7-2-1-3-7/h4-5,7H,1-3,6H2. The molecule has 0 radical (unpaired) electrons. The Morgan fingerprint density at radius 1 is 1.38 bits per heavy atom. The fourth-order valence-electron chi connectivity index (χ4n) is 1.24. The minimum absolute atomic E-state index is 0.399. The Kier molecular flexibility index (Phi) is 2.64. The first kappa shape index (κ1) is 8.75. The van der Waals surface area contributed by atoms with Crippen molar-refractivity contribution in [2.75, 3.05) is 6.61 Å². The van der Waals surface area contributed by atoms with Crippen molar-refractivity contribution in [1.29, 1.82) is 0 Å². The maximum atomic E-state index is 5.58. The number of hydrogen-bond donors (Lipinski definition) is 0. The second-order valence-electron chi connectivity index (χ2n) is 3.30. The van der Waals surface area contributed by atoms with E-state index in [1.54, 1.807) is 12.1 Å². The molecule has 0 spiro atoms. The number of hydrogen-bond acceptors (Lipinski definition) is 3. The highest BCUT2D eigenvalue weighted by Crippen LogP contribution is 2.26. The van der Waals surface area contributed by atoms with Crippen molar-refractivity contribution in [1.82, 2.24) is 10.2 Å². The average Bonchev–Trinajstić information content (AvgIpc) is 2.05. The van der Waals surface area contributed by atoms with Gasteiger partial charge in [0.15, 0.2) is 5.15 Å². The monoisotopic (exact) mass is 198 g/mol. The molecule has 1 heterocycles. The normalized spacial score (nSPS) is 16.7. The first-order valence-corrected chi connectivity index (χ1v) is 4.84. The first-order chi connectivity index (χ1) is 6.34. The van der Waals surface area contributed by atoms with Crippen molar-refractivity contribution in [3.63, 3.8) is 0 Å². The van der Waals surface area contributed by atoms with E-state index >= 15 is 0 Å². The Morgan fingerprint density at radius 2 is 2.23 bits per heavy atom. The molecular formula is C9H11ClN2O. The molecule has 1 saturated carbocycles. The Balaban J connectivity index is 1.83. The molecule has 0 unspecified atom stereocenters. The lowest BCUT2D eigenvalue weighted by Crippen LogP contribution is -2.19. The van der Waals surface area contributed by atoms with E-state index in [1.807, 2.05) is 0 Å². The quantitative estimate of drug-likeness (QED) is 0.748. The van der Waals surface area contributed by atoms with Crippen LogP contribution in [0.5, 0.6) is 5.88 Å². The van der Waals surface area contributed by atoms with Gasteiger partial charge in [0.25, 0.3) is 0 Å². The maximum Gasteiger partial charge on any atom is 0.233 e. The molecule has 13 heavy (non-hydrogen) atoms. The van der Waals surface area contributed by atoms with E-state index in [9.17, 15) is 0 Å². The van der Waals surface area contributed by atoms with Crippen LogP contribution < -0.4 is 4.74 Å². The van der Waals surface area contributed by atoms with Crippen molar-refractivity contribution < 1.29 is 4.74 Å². The third-order valence-electron chi connectivity index (χ3n) is 2.30. The summed E-state index contributed by atoms with van der Waals surface area (Å²) in [5.41, 5.74) is 0. The summed E-state index contributed by atoms with van der Waals surface area (Å²) in [5, 5.41) is 7.89. The van der Waals surface area contributed by atoms with Gasteiger partial charge >= 0.3 is 0 Å². The minimum Gasteiger partial charge on any atom is -0.476 e. The average molecular weight is 199 g/mol. The molecule has 0 bridgehead atoms. The van der Waals surface area contributed by atoms with Crippen LogP contribution in [-0.2, 0) is 0 Å². The number of ether oxygens (including phenoxy) is 1. The van der Waals surface area contributed by atoms with E-state index in [0.717, 1.165) is 12.5 Å². The summed E-state index contributed by atoms with van der Waals surface area (Å²) < 4.78 is 5.43. The maximum absolute atomic E-state index is 5.58. The third-order valence-corrected chi connectivity index (χ3v) is 2.50. The summed E-state index contributed by atoms with van der Waals surface area (Å²) in [6, 6.07) is 3.43. The largest absolute Gasteiger partial charge is 0.476 e. The lowest BCUT2D eigenvalue weighted by Gasteiger charge is -2.24. The van der Waals surface area contributed by atoms with Crippen molar-refractivity contribution in [2.24, 2.45) is 5.92 Å². The minimum atomic E-state index is 0.399. The molecular weight excluding hydrogens is 188 g/mol. The third kappa shape index (κ3) is 2.31. The lowest BCUT2D eigenvalue weighted by atomic mass is 9.86. The van der Waals surface area contributed by atoms with E-state index in [1.165, 1.54) is 19.3 Å². The molecule has 1 aliphatic carbocycles. The van der Waals surface area contributed by atoms with E-state index in [-0.39, 0.29) is 0 Å². The van der Waals surface area contributed by atoms with Crippen LogP contribution in [0.4, 0.5) is 0 Å². The van der Waals surface area contributed by atoms with Crippen LogP contribution in [0.2, 0.25) is 5.15 Å². The molecule has 2 rings (SSSR count). The van der Waals surface area contributed by atoms with Gasteiger partial charge in [0, 0.05) is 6.07 Å². The van der Waals surface area contributed by atoms with Gasteiger partial charge in [-0.2, -0.15) is 0 Å². The summed E-state index contributed by atoms with van der Waals surface area (Å²) in [6.45, 7) is 0.760. The van der Waals surface area contributed by atoms with Crippen LogP contribution in [0.1, 0.15) is 19.3 Å². The molecule has 3 nitrogen and oxygen atoms in total. The van der Waals surface area contributed by atoms with Crippen LogP contribution in [-0.4, -0.2) is 16.8 Å². The summed E-state index contributed by atoms with van der Waals surface area (Å²) in [7, 11) is 0. The van der Waals surface area contributed by atoms with Gasteiger partial charge in [-0.05, 0) is 24.8 Å². The molecule has 0 aliphatic heterocycles. The summed E-state index contributed by atoms with van der Waals surface area (Å²) >= 11 is 5.58. The molecule has 1 aromatic heterocycles. The predicted molar refractivity (Wildman–Crippen MR) is 49.9 cm³/mol. The van der Waals surface area contributed by atoms with Crippen LogP contribution in [0.3, 0.4) is 0 Å². The molecule has 0 amide bonds. The van der Waals surface area contributed by atoms with E-state index in [4.69, 9.17) is 16.3 Å². The Morgan fingerprint density at radius 3 is 2.77 bits per heavy atom. The highest BCUT2D eigenvalue weighted by molar-refractivity contribution is 6.29. The molecule has 0 saturated heterocycles. The van der Waals surface area contributed by atoms with E-state index in [2.05, 4.69) is 10.2 Å². The highest BCUT2D eigenvalue weighted by atomic mass is 35.5. The van der Waals surface area contributed by atoms with Crippen molar-refractivity contribution >= 4 is 11.6 Å². The first-order valence-electron chi connectivity index (χ1n) is 4.46. The smallest absolute Gasteiger partial charge is 0.233 e. The SMILES string of the molecule is Clc1ccc(OCC2CCC2)nn1. The zero-order valence-corrected chi connectivity index (χ0v) is 8.00. The van der Waals surface area contributed by atoms with Crippen molar-refractivity contribution in [2.45, 2.75) is 19.3 Å². The molecule has 0 atom stereocenters. The van der Waals surface area contributed by atoms with Gasteiger partial charge < -0.3 is 4.74 Å². The summed E-state index contributed by atoms with van der Waals surface area (Å²) in [6.07, 6.45) is 3.89. The second kappa shape index (κ2) is 3.92. The fraction of sp³-hybridized carbons (Fsp3) is 0.556. The number of rotatable bonds is 3. The fourth-order valence-corrected chi connectivity index (χ4v) is 1.34. The molecule has 1 fully saturated rings. The molecule has 0 aromatic carbocycles. The Bertz CT molecular complexity index is 271.